The van der Waals surface area contributed by atoms with Gasteiger partial charge in [-0.15, -0.1) is 10.8 Å². The van der Waals surface area contributed by atoms with E-state index in [1.54, 1.807) is 0 Å². The molecule has 0 unspecified atom stereocenters. The zero-order chi connectivity index (χ0) is 36.1. The third-order valence-corrected chi connectivity index (χ3v) is 7.94. The van der Waals surface area contributed by atoms with Gasteiger partial charge in [0, 0.05) is 22.3 Å². The first-order chi connectivity index (χ1) is 23.8. The van der Waals surface area contributed by atoms with Crippen molar-refractivity contribution in [3.63, 3.8) is 0 Å². The van der Waals surface area contributed by atoms with E-state index in [1.807, 2.05) is 164 Å². The molecule has 0 aliphatic carbocycles. The Morgan fingerprint density at radius 2 is 0.706 bits per heavy atom. The quantitative estimate of drug-likeness (QED) is 0.107. The molecule has 0 aliphatic rings. The van der Waals surface area contributed by atoms with Crippen LogP contribution < -0.4 is 0 Å². The maximum atomic E-state index is 10.5. The number of phenolic OH excluding ortho intramolecular Hbond substituents is 2. The Bertz CT molecular complexity index is 1730. The minimum atomic E-state index is 0. The fourth-order valence-electron chi connectivity index (χ4n) is 5.00. The SMILES string of the molecule is Oc1c(-c2ccccc2)cccc1-c1ccccc1.Oc1c(-c2ccccc2)cccc1-c1ccccc1.[CH-]=C(C=[C-]C(C)(C)C)C(C)(C)C.[Ti+2]. The Morgan fingerprint density at radius 3 is 0.922 bits per heavy atom. The Morgan fingerprint density at radius 1 is 0.451 bits per heavy atom. The van der Waals surface area contributed by atoms with E-state index in [1.165, 1.54) is 0 Å². The minimum absolute atomic E-state index is 0. The number of rotatable bonds is 5. The Hall–Kier alpha value is -4.89. The van der Waals surface area contributed by atoms with E-state index in [0.717, 1.165) is 50.1 Å². The van der Waals surface area contributed by atoms with Gasteiger partial charge in [-0.25, -0.2) is 0 Å². The van der Waals surface area contributed by atoms with Crippen molar-refractivity contribution in [2.45, 2.75) is 41.5 Å². The van der Waals surface area contributed by atoms with E-state index in [9.17, 15) is 10.2 Å². The van der Waals surface area contributed by atoms with Gasteiger partial charge in [0.15, 0.2) is 0 Å². The van der Waals surface area contributed by atoms with E-state index in [4.69, 9.17) is 6.58 Å². The predicted octanol–water partition coefficient (Wildman–Crippen LogP) is 13.2. The molecule has 0 bridgehead atoms. The van der Waals surface area contributed by atoms with Gasteiger partial charge in [0.1, 0.15) is 11.5 Å². The number of hydrogen-bond acceptors (Lipinski definition) is 2. The van der Waals surface area contributed by atoms with Crippen LogP contribution in [0.25, 0.3) is 44.5 Å². The summed E-state index contributed by atoms with van der Waals surface area (Å²) in [7, 11) is 0. The van der Waals surface area contributed by atoms with Crippen LogP contribution in [0.4, 0.5) is 0 Å². The second-order valence-electron chi connectivity index (χ2n) is 14.1. The molecule has 0 saturated heterocycles. The molecule has 0 radical (unpaired) electrons. The molecular formula is C48H48O2Ti. The van der Waals surface area contributed by atoms with Gasteiger partial charge < -0.3 is 34.5 Å². The summed E-state index contributed by atoms with van der Waals surface area (Å²) in [4.78, 5) is 0. The maximum Gasteiger partial charge on any atom is 2.00 e. The third kappa shape index (κ3) is 12.1. The number of aromatic hydroxyl groups is 2. The first-order valence-electron chi connectivity index (χ1n) is 16.9. The van der Waals surface area contributed by atoms with Crippen LogP contribution in [0.15, 0.2) is 169 Å². The zero-order valence-electron chi connectivity index (χ0n) is 30.6. The van der Waals surface area contributed by atoms with Crippen molar-refractivity contribution >= 4 is 0 Å². The van der Waals surface area contributed by atoms with Gasteiger partial charge in [-0.05, 0) is 22.3 Å². The summed E-state index contributed by atoms with van der Waals surface area (Å²) in [6.07, 6.45) is 5.14. The molecule has 2 N–H and O–H groups in total. The number of allylic oxidation sites excluding steroid dienone is 3. The summed E-state index contributed by atoms with van der Waals surface area (Å²) in [6.45, 7) is 18.5. The van der Waals surface area contributed by atoms with Gasteiger partial charge in [-0.2, -0.15) is 0 Å². The van der Waals surface area contributed by atoms with Crippen LogP contribution in [0.1, 0.15) is 41.5 Å². The molecule has 2 nitrogen and oxygen atoms in total. The fraction of sp³-hybridized carbons (Fsp3) is 0.167. The molecule has 0 aliphatic heterocycles. The first kappa shape index (κ1) is 40.5. The summed E-state index contributed by atoms with van der Waals surface area (Å²) in [5.41, 5.74) is 8.59. The van der Waals surface area contributed by atoms with Crippen LogP contribution in [-0.4, -0.2) is 10.2 Å². The molecule has 6 aromatic rings. The monoisotopic (exact) mass is 704 g/mol. The van der Waals surface area contributed by atoms with Crippen molar-refractivity contribution < 1.29 is 31.9 Å². The Balaban J connectivity index is 0.000000211. The van der Waals surface area contributed by atoms with Gasteiger partial charge in [-0.1, -0.05) is 199 Å². The van der Waals surface area contributed by atoms with Crippen molar-refractivity contribution in [3.05, 3.63) is 182 Å². The molecule has 0 saturated carbocycles. The summed E-state index contributed by atoms with van der Waals surface area (Å²) in [5.74, 6) is 0.666. The zero-order valence-corrected chi connectivity index (χ0v) is 32.1. The molecule has 0 atom stereocenters. The predicted molar refractivity (Wildman–Crippen MR) is 212 cm³/mol. The van der Waals surface area contributed by atoms with E-state index in [-0.39, 0.29) is 32.5 Å². The molecule has 6 aromatic carbocycles. The van der Waals surface area contributed by atoms with Crippen molar-refractivity contribution in [2.75, 3.05) is 0 Å². The molecule has 0 amide bonds. The third-order valence-electron chi connectivity index (χ3n) is 7.94. The molecule has 0 spiro atoms. The molecule has 6 rings (SSSR count). The first-order valence-corrected chi connectivity index (χ1v) is 16.9. The summed E-state index contributed by atoms with van der Waals surface area (Å²) < 4.78 is 0. The molecule has 0 aromatic heterocycles. The molecule has 0 heterocycles. The van der Waals surface area contributed by atoms with Crippen LogP contribution in [-0.2, 0) is 21.7 Å². The molecule has 51 heavy (non-hydrogen) atoms. The van der Waals surface area contributed by atoms with E-state index in [0.29, 0.717) is 11.5 Å². The number of benzene rings is 6. The molecule has 0 fully saturated rings. The van der Waals surface area contributed by atoms with Crippen molar-refractivity contribution in [1.29, 1.82) is 0 Å². The molecule has 3 heteroatoms. The Labute approximate surface area is 320 Å². The van der Waals surface area contributed by atoms with Gasteiger partial charge in [-0.3, -0.25) is 0 Å². The van der Waals surface area contributed by atoms with Crippen molar-refractivity contribution in [2.24, 2.45) is 10.8 Å². The largest absolute Gasteiger partial charge is 2.00 e. The second kappa shape index (κ2) is 18.9. The number of para-hydroxylation sites is 2. The van der Waals surface area contributed by atoms with Crippen LogP contribution in [0, 0.1) is 23.5 Å². The summed E-state index contributed by atoms with van der Waals surface area (Å²) in [6, 6.07) is 51.5. The van der Waals surface area contributed by atoms with E-state index < -0.39 is 0 Å². The van der Waals surface area contributed by atoms with Crippen LogP contribution in [0.5, 0.6) is 11.5 Å². The van der Waals surface area contributed by atoms with Gasteiger partial charge >= 0.3 is 21.7 Å². The van der Waals surface area contributed by atoms with Gasteiger partial charge in [0.2, 0.25) is 0 Å². The standard InChI is InChI=1S/2C18H14O.C12H20.Ti/c2*19-18-16(14-8-3-1-4-9-14)12-7-13-17(18)15-10-5-2-6-11-15;1-10(12(5,6)7)8-9-11(2,3)4;/h2*1-13,19H;1,8H,2-7H3;/q;;-2;+2. The van der Waals surface area contributed by atoms with Crippen LogP contribution in [0.2, 0.25) is 0 Å². The topological polar surface area (TPSA) is 40.5 Å². The smallest absolute Gasteiger partial charge is 0.507 e. The average Bonchev–Trinajstić information content (AvgIpc) is 3.12. The minimum Gasteiger partial charge on any atom is -0.507 e. The summed E-state index contributed by atoms with van der Waals surface area (Å²) in [5, 5.41) is 21.0. The van der Waals surface area contributed by atoms with Crippen LogP contribution >= 0.6 is 0 Å². The number of hydrogen-bond donors (Lipinski definition) is 2. The number of phenols is 2. The van der Waals surface area contributed by atoms with Gasteiger partial charge in [0.25, 0.3) is 0 Å². The van der Waals surface area contributed by atoms with Crippen LogP contribution in [0.3, 0.4) is 0 Å². The molecule has 256 valence electrons. The maximum absolute atomic E-state index is 10.5. The van der Waals surface area contributed by atoms with E-state index >= 15 is 0 Å². The van der Waals surface area contributed by atoms with Crippen molar-refractivity contribution in [1.82, 2.24) is 0 Å². The normalized spacial score (nSPS) is 10.9. The van der Waals surface area contributed by atoms with Crippen molar-refractivity contribution in [3.8, 4) is 56.0 Å². The average molecular weight is 705 g/mol. The summed E-state index contributed by atoms with van der Waals surface area (Å²) >= 11 is 0. The molecular weight excluding hydrogens is 656 g/mol. The fourth-order valence-corrected chi connectivity index (χ4v) is 5.00. The van der Waals surface area contributed by atoms with Gasteiger partial charge in [0.05, 0.1) is 0 Å². The van der Waals surface area contributed by atoms with E-state index in [2.05, 4.69) is 47.6 Å². The Kier molecular flexibility index (Phi) is 15.0. The second-order valence-corrected chi connectivity index (χ2v) is 14.1.